The minimum Gasteiger partial charge on any atom is -0.454 e. The molecule has 37 heavy (non-hydrogen) atoms. The molecule has 3 amide bonds. The van der Waals surface area contributed by atoms with E-state index in [0.717, 1.165) is 23.1 Å². The van der Waals surface area contributed by atoms with Crippen LogP contribution in [0.25, 0.3) is 10.6 Å². The van der Waals surface area contributed by atoms with Gasteiger partial charge in [-0.15, -0.1) is 10.2 Å². The molecule has 1 aromatic heterocycles. The van der Waals surface area contributed by atoms with Gasteiger partial charge in [0.15, 0.2) is 11.5 Å². The molecule has 1 unspecified atom stereocenters. The Bertz CT molecular complexity index is 1410. The van der Waals surface area contributed by atoms with E-state index >= 15 is 0 Å². The van der Waals surface area contributed by atoms with Crippen molar-refractivity contribution in [3.05, 3.63) is 83.9 Å². The van der Waals surface area contributed by atoms with Gasteiger partial charge in [-0.3, -0.25) is 10.1 Å². The van der Waals surface area contributed by atoms with Crippen LogP contribution >= 0.6 is 11.3 Å². The Balaban J connectivity index is 1.29. The second-order valence-electron chi connectivity index (χ2n) is 8.36. The molecule has 0 saturated carbocycles. The molecule has 3 N–H and O–H groups in total. The topological polar surface area (TPSA) is 114 Å². The average Bonchev–Trinajstić information content (AvgIpc) is 3.58. The van der Waals surface area contributed by atoms with E-state index in [4.69, 9.17) is 9.47 Å². The van der Waals surface area contributed by atoms with Crippen molar-refractivity contribution in [2.75, 3.05) is 17.4 Å². The van der Waals surface area contributed by atoms with Crippen LogP contribution in [-0.2, 0) is 17.6 Å². The highest BCUT2D eigenvalue weighted by Crippen LogP contribution is 2.37. The van der Waals surface area contributed by atoms with Crippen LogP contribution in [-0.4, -0.2) is 35.0 Å². The smallest absolute Gasteiger partial charge is 0.319 e. The Hall–Kier alpha value is -4.44. The molecular weight excluding hydrogens is 490 g/mol. The van der Waals surface area contributed by atoms with Gasteiger partial charge in [0.05, 0.1) is 0 Å². The van der Waals surface area contributed by atoms with Gasteiger partial charge in [-0.05, 0) is 47.9 Å². The summed E-state index contributed by atoms with van der Waals surface area (Å²) in [6.45, 7) is 2.23. The molecule has 0 spiro atoms. The number of rotatable bonds is 8. The summed E-state index contributed by atoms with van der Waals surface area (Å²) in [7, 11) is 0. The Labute approximate surface area is 217 Å². The first-order valence-electron chi connectivity index (χ1n) is 11.8. The fraction of sp³-hybridized carbons (Fsp3) is 0.185. The summed E-state index contributed by atoms with van der Waals surface area (Å²) in [5, 5.41) is 17.7. The summed E-state index contributed by atoms with van der Waals surface area (Å²) in [5.74, 6) is 0.923. The standard InChI is InChI=1S/C27H25N5O4S/c1-2-17-9-6-10-20(13-17)28-26(34)29-21(14-18-7-4-3-5-8-18)24(33)30-27-32-31-25(37-27)19-11-12-22-23(15-19)36-16-35-22/h3-13,15,21H,2,14,16H2,1H3,(H2,28,29,34)(H,30,32,33). The number of benzene rings is 3. The first kappa shape index (κ1) is 24.3. The zero-order valence-corrected chi connectivity index (χ0v) is 20.9. The second kappa shape index (κ2) is 11.1. The third kappa shape index (κ3) is 6.04. The molecular formula is C27H25N5O4S. The van der Waals surface area contributed by atoms with Crippen molar-refractivity contribution in [1.82, 2.24) is 15.5 Å². The predicted molar refractivity (Wildman–Crippen MR) is 142 cm³/mol. The molecule has 1 atom stereocenters. The number of fused-ring (bicyclic) bond motifs is 1. The van der Waals surface area contributed by atoms with Crippen LogP contribution in [0.3, 0.4) is 0 Å². The molecule has 0 saturated heterocycles. The average molecular weight is 516 g/mol. The van der Waals surface area contributed by atoms with Gasteiger partial charge in [-0.2, -0.15) is 0 Å². The molecule has 0 aliphatic carbocycles. The lowest BCUT2D eigenvalue weighted by Gasteiger charge is -2.18. The molecule has 1 aliphatic rings. The number of aromatic nitrogens is 2. The number of aryl methyl sites for hydroxylation is 1. The van der Waals surface area contributed by atoms with Gasteiger partial charge < -0.3 is 20.1 Å². The fourth-order valence-electron chi connectivity index (χ4n) is 3.87. The number of carbonyl (C=O) groups is 2. The van der Waals surface area contributed by atoms with Crippen LogP contribution in [0.5, 0.6) is 11.5 Å². The van der Waals surface area contributed by atoms with Crippen LogP contribution in [0, 0.1) is 0 Å². The Morgan fingerprint density at radius 1 is 0.919 bits per heavy atom. The largest absolute Gasteiger partial charge is 0.454 e. The highest BCUT2D eigenvalue weighted by Gasteiger charge is 2.23. The summed E-state index contributed by atoms with van der Waals surface area (Å²) in [6, 6.07) is 21.3. The molecule has 3 aromatic carbocycles. The van der Waals surface area contributed by atoms with E-state index in [1.54, 1.807) is 0 Å². The van der Waals surface area contributed by atoms with E-state index in [9.17, 15) is 9.59 Å². The predicted octanol–water partition coefficient (Wildman–Crippen LogP) is 4.87. The van der Waals surface area contributed by atoms with Crippen molar-refractivity contribution in [1.29, 1.82) is 0 Å². The molecule has 0 radical (unpaired) electrons. The minimum absolute atomic E-state index is 0.184. The zero-order valence-electron chi connectivity index (χ0n) is 20.1. The van der Waals surface area contributed by atoms with Crippen molar-refractivity contribution < 1.29 is 19.1 Å². The van der Waals surface area contributed by atoms with Gasteiger partial charge in [0.2, 0.25) is 17.8 Å². The third-order valence-corrected chi connectivity index (χ3v) is 6.66. The third-order valence-electron chi connectivity index (χ3n) is 5.77. The molecule has 1 aliphatic heterocycles. The molecule has 188 valence electrons. The highest BCUT2D eigenvalue weighted by atomic mass is 32.1. The Kier molecular flexibility index (Phi) is 7.27. The van der Waals surface area contributed by atoms with Crippen molar-refractivity contribution >= 4 is 34.1 Å². The van der Waals surface area contributed by atoms with Gasteiger partial charge in [-0.1, -0.05) is 60.7 Å². The number of nitrogens with zero attached hydrogens (tertiary/aromatic N) is 2. The maximum Gasteiger partial charge on any atom is 0.319 e. The summed E-state index contributed by atoms with van der Waals surface area (Å²) < 4.78 is 10.8. The number of anilines is 2. The summed E-state index contributed by atoms with van der Waals surface area (Å²) in [4.78, 5) is 26.1. The SMILES string of the molecule is CCc1cccc(NC(=O)NC(Cc2ccccc2)C(=O)Nc2nnc(-c3ccc4c(c3)OCO4)s2)c1. The number of nitrogens with one attached hydrogen (secondary N) is 3. The Morgan fingerprint density at radius 3 is 2.57 bits per heavy atom. The molecule has 0 fully saturated rings. The zero-order chi connectivity index (χ0) is 25.6. The lowest BCUT2D eigenvalue weighted by atomic mass is 10.1. The number of hydrogen-bond acceptors (Lipinski definition) is 7. The quantitative estimate of drug-likeness (QED) is 0.309. The first-order valence-corrected chi connectivity index (χ1v) is 12.6. The van der Waals surface area contributed by atoms with E-state index in [0.29, 0.717) is 33.7 Å². The molecule has 4 aromatic rings. The fourth-order valence-corrected chi connectivity index (χ4v) is 4.61. The van der Waals surface area contributed by atoms with Gasteiger partial charge in [-0.25, -0.2) is 4.79 Å². The van der Waals surface area contributed by atoms with Gasteiger partial charge in [0.25, 0.3) is 0 Å². The maximum absolute atomic E-state index is 13.3. The number of hydrogen-bond donors (Lipinski definition) is 3. The Morgan fingerprint density at radius 2 is 1.73 bits per heavy atom. The van der Waals surface area contributed by atoms with E-state index in [1.807, 2.05) is 79.7 Å². The number of carbonyl (C=O) groups excluding carboxylic acids is 2. The molecule has 10 heteroatoms. The van der Waals surface area contributed by atoms with Crippen molar-refractivity contribution in [2.45, 2.75) is 25.8 Å². The van der Waals surface area contributed by atoms with E-state index in [2.05, 4.69) is 26.1 Å². The van der Waals surface area contributed by atoms with Crippen molar-refractivity contribution in [2.24, 2.45) is 0 Å². The number of urea groups is 1. The lowest BCUT2D eigenvalue weighted by Crippen LogP contribution is -2.46. The summed E-state index contributed by atoms with van der Waals surface area (Å²) >= 11 is 1.23. The van der Waals surface area contributed by atoms with E-state index in [1.165, 1.54) is 11.3 Å². The van der Waals surface area contributed by atoms with Crippen LogP contribution in [0.2, 0.25) is 0 Å². The molecule has 5 rings (SSSR count). The molecule has 2 heterocycles. The van der Waals surface area contributed by atoms with Gasteiger partial charge in [0, 0.05) is 17.7 Å². The summed E-state index contributed by atoms with van der Waals surface area (Å²) in [5.41, 5.74) is 3.48. The maximum atomic E-state index is 13.3. The number of amides is 3. The van der Waals surface area contributed by atoms with Crippen LogP contribution < -0.4 is 25.4 Å². The van der Waals surface area contributed by atoms with Crippen LogP contribution in [0.15, 0.2) is 72.8 Å². The van der Waals surface area contributed by atoms with Gasteiger partial charge in [0.1, 0.15) is 11.0 Å². The van der Waals surface area contributed by atoms with Crippen LogP contribution in [0.4, 0.5) is 15.6 Å². The minimum atomic E-state index is -0.838. The van der Waals surface area contributed by atoms with E-state index in [-0.39, 0.29) is 6.79 Å². The van der Waals surface area contributed by atoms with Crippen molar-refractivity contribution in [3.8, 4) is 22.1 Å². The monoisotopic (exact) mass is 515 g/mol. The number of ether oxygens (including phenoxy) is 2. The lowest BCUT2D eigenvalue weighted by molar-refractivity contribution is -0.117. The van der Waals surface area contributed by atoms with E-state index < -0.39 is 18.0 Å². The summed E-state index contributed by atoms with van der Waals surface area (Å²) in [6.07, 6.45) is 1.16. The first-order chi connectivity index (χ1) is 18.1. The molecule has 0 bridgehead atoms. The molecule has 9 nitrogen and oxygen atoms in total. The highest BCUT2D eigenvalue weighted by molar-refractivity contribution is 7.18. The van der Waals surface area contributed by atoms with Gasteiger partial charge >= 0.3 is 6.03 Å². The van der Waals surface area contributed by atoms with Crippen LogP contribution in [0.1, 0.15) is 18.1 Å². The second-order valence-corrected chi connectivity index (χ2v) is 9.34. The van der Waals surface area contributed by atoms with Crippen molar-refractivity contribution in [3.63, 3.8) is 0 Å². The normalized spacial score (nSPS) is 12.6.